The molecule has 0 aliphatic carbocycles. The smallest absolute Gasteiger partial charge is 0.320 e. The van der Waals surface area contributed by atoms with E-state index in [1.165, 1.54) is 7.11 Å². The lowest BCUT2D eigenvalue weighted by atomic mass is 9.96. The predicted molar refractivity (Wildman–Crippen MR) is 143 cm³/mol. The largest absolute Gasteiger partial charge is 0.496 e. The molecule has 1 aromatic carbocycles. The number of rotatable bonds is 8. The highest BCUT2D eigenvalue weighted by molar-refractivity contribution is 6.06. The summed E-state index contributed by atoms with van der Waals surface area (Å²) in [6, 6.07) is 8.85. The molecule has 0 radical (unpaired) electrons. The Hall–Kier alpha value is -3.79. The van der Waals surface area contributed by atoms with Crippen molar-refractivity contribution in [1.82, 2.24) is 14.8 Å². The Labute approximate surface area is 217 Å². The van der Waals surface area contributed by atoms with Crippen molar-refractivity contribution in [3.63, 3.8) is 0 Å². The number of urea groups is 1. The number of hydrogen-bond donors (Lipinski definition) is 2. The number of aliphatic hydroxyl groups is 1. The number of pyridine rings is 1. The standard InChI is InChI=1S/C27H34N6O4/c1-3-4-5-11-28-29-16-21-7-6-8-25(30-21)31-26(35)23-14-20-17-32(12-9-19(20)15-24(23)37-2)27(36)33-13-10-22(34)18-33/h6-8,11,14-16,22,34H,3-5,9-10,12-13,17-18H2,1-2H3,(H,30,31,35)/b28-11+,29-16+/t22-/m1/s1. The molecule has 2 aromatic rings. The lowest BCUT2D eigenvalue weighted by molar-refractivity contribution is 0.102. The number of carbonyl (C=O) groups excluding carboxylic acids is 2. The first-order chi connectivity index (χ1) is 18.0. The second-order valence-corrected chi connectivity index (χ2v) is 9.25. The van der Waals surface area contributed by atoms with E-state index in [9.17, 15) is 14.7 Å². The Kier molecular flexibility index (Phi) is 8.84. The van der Waals surface area contributed by atoms with Crippen LogP contribution in [-0.4, -0.2) is 77.1 Å². The number of benzene rings is 1. The Morgan fingerprint density at radius 1 is 1.22 bits per heavy atom. The molecule has 10 heteroatoms. The van der Waals surface area contributed by atoms with Crippen LogP contribution in [0, 0.1) is 0 Å². The predicted octanol–water partition coefficient (Wildman–Crippen LogP) is 3.48. The Morgan fingerprint density at radius 3 is 2.84 bits per heavy atom. The first-order valence-corrected chi connectivity index (χ1v) is 12.7. The zero-order valence-corrected chi connectivity index (χ0v) is 21.4. The fraction of sp³-hybridized carbons (Fsp3) is 0.444. The maximum Gasteiger partial charge on any atom is 0.320 e. The highest BCUT2D eigenvalue weighted by Gasteiger charge is 2.31. The molecule has 1 atom stereocenters. The fourth-order valence-corrected chi connectivity index (χ4v) is 4.48. The van der Waals surface area contributed by atoms with Crippen LogP contribution in [0.4, 0.5) is 10.6 Å². The van der Waals surface area contributed by atoms with Gasteiger partial charge in [-0.15, -0.1) is 0 Å². The van der Waals surface area contributed by atoms with Gasteiger partial charge in [0.1, 0.15) is 11.6 Å². The van der Waals surface area contributed by atoms with Gasteiger partial charge in [0.05, 0.1) is 30.7 Å². The molecule has 0 spiro atoms. The second kappa shape index (κ2) is 12.4. The Morgan fingerprint density at radius 2 is 2.08 bits per heavy atom. The highest BCUT2D eigenvalue weighted by Crippen LogP contribution is 2.29. The summed E-state index contributed by atoms with van der Waals surface area (Å²) < 4.78 is 5.52. The van der Waals surface area contributed by atoms with Gasteiger partial charge in [0.15, 0.2) is 0 Å². The van der Waals surface area contributed by atoms with E-state index in [0.29, 0.717) is 61.8 Å². The molecule has 1 saturated heterocycles. The number of β-amino-alcohol motifs (C(OH)–C–C–N with tert-alkyl or cyclic N) is 1. The average Bonchev–Trinajstić information content (AvgIpc) is 3.35. The number of ether oxygens (including phenoxy) is 1. The van der Waals surface area contributed by atoms with Crippen molar-refractivity contribution in [2.24, 2.45) is 10.2 Å². The van der Waals surface area contributed by atoms with E-state index >= 15 is 0 Å². The number of amides is 3. The molecule has 1 fully saturated rings. The van der Waals surface area contributed by atoms with Crippen LogP contribution in [0.25, 0.3) is 0 Å². The van der Waals surface area contributed by atoms with Crippen molar-refractivity contribution in [1.29, 1.82) is 0 Å². The van der Waals surface area contributed by atoms with E-state index < -0.39 is 6.10 Å². The summed E-state index contributed by atoms with van der Waals surface area (Å²) in [5, 5.41) is 20.7. The zero-order valence-electron chi connectivity index (χ0n) is 21.4. The summed E-state index contributed by atoms with van der Waals surface area (Å²) in [6.07, 6.45) is 7.19. The lowest BCUT2D eigenvalue weighted by Gasteiger charge is -2.32. The first-order valence-electron chi connectivity index (χ1n) is 12.7. The number of hydrogen-bond acceptors (Lipinski definition) is 7. The van der Waals surface area contributed by atoms with Gasteiger partial charge in [0.25, 0.3) is 5.91 Å². The summed E-state index contributed by atoms with van der Waals surface area (Å²) in [4.78, 5) is 34.0. The summed E-state index contributed by atoms with van der Waals surface area (Å²) in [5.41, 5.74) is 2.90. The van der Waals surface area contributed by atoms with Crippen LogP contribution in [0.1, 0.15) is 59.8 Å². The summed E-state index contributed by atoms with van der Waals surface area (Å²) in [7, 11) is 1.53. The number of unbranched alkanes of at least 4 members (excludes halogenated alkanes) is 2. The van der Waals surface area contributed by atoms with Crippen LogP contribution < -0.4 is 10.1 Å². The van der Waals surface area contributed by atoms with Crippen molar-refractivity contribution >= 4 is 30.2 Å². The second-order valence-electron chi connectivity index (χ2n) is 9.25. The molecule has 1 aromatic heterocycles. The molecular weight excluding hydrogens is 472 g/mol. The molecular formula is C27H34N6O4. The number of anilines is 1. The van der Waals surface area contributed by atoms with E-state index in [4.69, 9.17) is 4.74 Å². The highest BCUT2D eigenvalue weighted by atomic mass is 16.5. The summed E-state index contributed by atoms with van der Waals surface area (Å²) >= 11 is 0. The van der Waals surface area contributed by atoms with Crippen LogP contribution in [-0.2, 0) is 13.0 Å². The molecule has 0 unspecified atom stereocenters. The number of nitrogens with one attached hydrogen (secondary N) is 1. The van der Waals surface area contributed by atoms with Gasteiger partial charge < -0.3 is 25.0 Å². The van der Waals surface area contributed by atoms with Gasteiger partial charge >= 0.3 is 6.03 Å². The van der Waals surface area contributed by atoms with E-state index in [2.05, 4.69) is 27.4 Å². The number of methoxy groups -OCH3 is 1. The SMILES string of the molecule is CCCC/C=N/N=C/c1cccc(NC(=O)c2cc3c(cc2OC)CCN(C(=O)N2CC[C@@H](O)C2)C3)n1. The van der Waals surface area contributed by atoms with Gasteiger partial charge in [-0.2, -0.15) is 10.2 Å². The van der Waals surface area contributed by atoms with Gasteiger partial charge in [0.2, 0.25) is 0 Å². The molecule has 2 aliphatic heterocycles. The molecule has 4 rings (SSSR count). The normalized spacial score (nSPS) is 17.4. The fourth-order valence-electron chi connectivity index (χ4n) is 4.48. The van der Waals surface area contributed by atoms with E-state index in [-0.39, 0.29) is 11.9 Å². The number of aliphatic hydroxyl groups excluding tert-OH is 1. The van der Waals surface area contributed by atoms with E-state index in [1.807, 2.05) is 6.07 Å². The summed E-state index contributed by atoms with van der Waals surface area (Å²) in [5.74, 6) is 0.496. The van der Waals surface area contributed by atoms with Crippen molar-refractivity contribution in [3.05, 3.63) is 52.7 Å². The monoisotopic (exact) mass is 506 g/mol. The maximum absolute atomic E-state index is 13.2. The molecule has 10 nitrogen and oxygen atoms in total. The Balaban J connectivity index is 1.46. The maximum atomic E-state index is 13.2. The van der Waals surface area contributed by atoms with Gasteiger partial charge in [0, 0.05) is 32.4 Å². The number of likely N-dealkylation sites (tertiary alicyclic amines) is 1. The number of fused-ring (bicyclic) bond motifs is 1. The minimum atomic E-state index is -0.461. The quantitative estimate of drug-likeness (QED) is 0.323. The minimum Gasteiger partial charge on any atom is -0.496 e. The van der Waals surface area contributed by atoms with Gasteiger partial charge in [-0.1, -0.05) is 19.4 Å². The van der Waals surface area contributed by atoms with Crippen molar-refractivity contribution in [3.8, 4) is 5.75 Å². The third-order valence-electron chi connectivity index (χ3n) is 6.52. The number of nitrogens with zero attached hydrogens (tertiary/aromatic N) is 5. The molecule has 196 valence electrons. The lowest BCUT2D eigenvalue weighted by Crippen LogP contribution is -2.44. The Bertz CT molecular complexity index is 1180. The summed E-state index contributed by atoms with van der Waals surface area (Å²) in [6.45, 7) is 4.02. The topological polar surface area (TPSA) is 120 Å². The van der Waals surface area contributed by atoms with Gasteiger partial charge in [-0.25, -0.2) is 9.78 Å². The van der Waals surface area contributed by atoms with Crippen LogP contribution in [0.2, 0.25) is 0 Å². The number of carbonyl (C=O) groups is 2. The third kappa shape index (κ3) is 6.71. The van der Waals surface area contributed by atoms with Crippen LogP contribution >= 0.6 is 0 Å². The third-order valence-corrected chi connectivity index (χ3v) is 6.52. The van der Waals surface area contributed by atoms with Gasteiger partial charge in [-0.3, -0.25) is 4.79 Å². The molecule has 2 N–H and O–H groups in total. The van der Waals surface area contributed by atoms with E-state index in [0.717, 1.165) is 30.4 Å². The van der Waals surface area contributed by atoms with Crippen LogP contribution in [0.3, 0.4) is 0 Å². The zero-order chi connectivity index (χ0) is 26.2. The first kappa shape index (κ1) is 26.3. The molecule has 37 heavy (non-hydrogen) atoms. The molecule has 0 saturated carbocycles. The van der Waals surface area contributed by atoms with Crippen molar-refractivity contribution < 1.29 is 19.4 Å². The van der Waals surface area contributed by atoms with Gasteiger partial charge in [-0.05, 0) is 61.1 Å². The van der Waals surface area contributed by atoms with Crippen molar-refractivity contribution in [2.45, 2.75) is 51.7 Å². The van der Waals surface area contributed by atoms with Crippen molar-refractivity contribution in [2.75, 3.05) is 32.1 Å². The molecule has 3 amide bonds. The van der Waals surface area contributed by atoms with E-state index in [1.54, 1.807) is 46.5 Å². The average molecular weight is 507 g/mol. The molecule has 0 bridgehead atoms. The van der Waals surface area contributed by atoms with Crippen LogP contribution in [0.5, 0.6) is 5.75 Å². The molecule has 2 aliphatic rings. The number of aromatic nitrogens is 1. The van der Waals surface area contributed by atoms with Crippen LogP contribution in [0.15, 0.2) is 40.5 Å². The molecule has 3 heterocycles. The minimum absolute atomic E-state index is 0.0820.